The number of carboxylic acid groups (broad SMARTS) is 3. The van der Waals surface area contributed by atoms with E-state index in [2.05, 4.69) is 10.6 Å². The van der Waals surface area contributed by atoms with E-state index in [4.69, 9.17) is 21.1 Å². The quantitative estimate of drug-likeness (QED) is 0.109. The molecule has 0 aromatic rings. The Bertz CT molecular complexity index is 733. The summed E-state index contributed by atoms with van der Waals surface area (Å²) in [6.45, 7) is 1.10. The summed E-state index contributed by atoms with van der Waals surface area (Å²) in [5.74, 6) is -6.82. The van der Waals surface area contributed by atoms with E-state index in [-0.39, 0.29) is 6.42 Å². The van der Waals surface area contributed by atoms with Crippen molar-refractivity contribution >= 4 is 47.4 Å². The van der Waals surface area contributed by atoms with E-state index in [0.29, 0.717) is 5.75 Å². The first-order valence-corrected chi connectivity index (χ1v) is 11.2. The molecule has 9 N–H and O–H groups in total. The first-order chi connectivity index (χ1) is 15.3. The van der Waals surface area contributed by atoms with Gasteiger partial charge in [0.15, 0.2) is 6.04 Å². The van der Waals surface area contributed by atoms with Crippen molar-refractivity contribution in [2.45, 2.75) is 62.9 Å². The lowest BCUT2D eigenvalue weighted by molar-refractivity contribution is -0.146. The van der Waals surface area contributed by atoms with Crippen LogP contribution >= 0.6 is 11.8 Å². The second-order valence-corrected chi connectivity index (χ2v) is 8.09. The highest BCUT2D eigenvalue weighted by Crippen LogP contribution is 2.05. The minimum Gasteiger partial charge on any atom is -0.481 e. The standard InChI is InChI=1S/C18H30N4O10S/c1-8(23)14(18(31)32)22-16(29)10(3-4-12(24)25)20-17(30)11(7-13(26)27)21-15(28)9(19)5-6-33-2/h8-11,14,23H,3-7,19H2,1-2H3,(H,20,30)(H,21,28)(H,22,29)(H,24,25)(H,26,27)(H,31,32). The summed E-state index contributed by atoms with van der Waals surface area (Å²) in [5.41, 5.74) is 5.71. The maximum absolute atomic E-state index is 12.6. The zero-order chi connectivity index (χ0) is 25.7. The molecule has 33 heavy (non-hydrogen) atoms. The van der Waals surface area contributed by atoms with Gasteiger partial charge in [0.25, 0.3) is 0 Å². The van der Waals surface area contributed by atoms with Crippen LogP contribution in [0, 0.1) is 0 Å². The summed E-state index contributed by atoms with van der Waals surface area (Å²) in [7, 11) is 0. The molecule has 0 aliphatic rings. The molecule has 0 spiro atoms. The van der Waals surface area contributed by atoms with Gasteiger partial charge in [0.1, 0.15) is 12.1 Å². The molecule has 14 nitrogen and oxygen atoms in total. The molecule has 0 aliphatic heterocycles. The topological polar surface area (TPSA) is 245 Å². The zero-order valence-corrected chi connectivity index (χ0v) is 19.0. The first kappa shape index (κ1) is 30.1. The maximum Gasteiger partial charge on any atom is 0.328 e. The number of hydrogen-bond acceptors (Lipinski definition) is 9. The average Bonchev–Trinajstić information content (AvgIpc) is 2.71. The van der Waals surface area contributed by atoms with Gasteiger partial charge in [-0.3, -0.25) is 24.0 Å². The Labute approximate surface area is 193 Å². The maximum atomic E-state index is 12.6. The molecule has 0 bridgehead atoms. The highest BCUT2D eigenvalue weighted by Gasteiger charge is 2.32. The third kappa shape index (κ3) is 12.1. The fraction of sp³-hybridized carbons (Fsp3) is 0.667. The SMILES string of the molecule is CSCCC(N)C(=O)NC(CC(=O)O)C(=O)NC(CCC(=O)O)C(=O)NC(C(=O)O)C(C)O. The van der Waals surface area contributed by atoms with E-state index in [1.807, 2.05) is 5.32 Å². The summed E-state index contributed by atoms with van der Waals surface area (Å²) < 4.78 is 0. The van der Waals surface area contributed by atoms with Gasteiger partial charge in [0, 0.05) is 6.42 Å². The number of hydrogen-bond donors (Lipinski definition) is 8. The van der Waals surface area contributed by atoms with Crippen molar-refractivity contribution in [3.05, 3.63) is 0 Å². The highest BCUT2D eigenvalue weighted by atomic mass is 32.2. The molecule has 0 radical (unpaired) electrons. The minimum absolute atomic E-state index is 0.258. The molecule has 0 saturated heterocycles. The van der Waals surface area contributed by atoms with Crippen LogP contribution in [0.2, 0.25) is 0 Å². The van der Waals surface area contributed by atoms with Gasteiger partial charge in [-0.25, -0.2) is 4.79 Å². The smallest absolute Gasteiger partial charge is 0.328 e. The molecule has 0 fully saturated rings. The number of carboxylic acids is 3. The lowest BCUT2D eigenvalue weighted by Crippen LogP contribution is -2.58. The third-order valence-corrected chi connectivity index (χ3v) is 4.95. The van der Waals surface area contributed by atoms with E-state index in [0.717, 1.165) is 6.92 Å². The van der Waals surface area contributed by atoms with Crippen LogP contribution in [0.25, 0.3) is 0 Å². The number of thioether (sulfide) groups is 1. The van der Waals surface area contributed by atoms with Crippen LogP contribution in [0.5, 0.6) is 0 Å². The number of carbonyl (C=O) groups excluding carboxylic acids is 3. The molecule has 0 saturated carbocycles. The Hall–Kier alpha value is -2.91. The Morgan fingerprint density at radius 3 is 1.85 bits per heavy atom. The van der Waals surface area contributed by atoms with Gasteiger partial charge in [0.05, 0.1) is 18.6 Å². The van der Waals surface area contributed by atoms with Crippen LogP contribution in [-0.2, 0) is 28.8 Å². The van der Waals surface area contributed by atoms with Gasteiger partial charge < -0.3 is 42.1 Å². The summed E-state index contributed by atoms with van der Waals surface area (Å²) in [4.78, 5) is 70.6. The second-order valence-electron chi connectivity index (χ2n) is 7.11. The summed E-state index contributed by atoms with van der Waals surface area (Å²) in [6.07, 6.45) is -1.39. The van der Waals surface area contributed by atoms with Crippen molar-refractivity contribution in [3.63, 3.8) is 0 Å². The van der Waals surface area contributed by atoms with Crippen LogP contribution in [0.4, 0.5) is 0 Å². The second kappa shape index (κ2) is 15.0. The van der Waals surface area contributed by atoms with E-state index in [1.165, 1.54) is 11.8 Å². The molecule has 0 aromatic heterocycles. The largest absolute Gasteiger partial charge is 0.481 e. The van der Waals surface area contributed by atoms with Gasteiger partial charge in [0.2, 0.25) is 17.7 Å². The van der Waals surface area contributed by atoms with Crippen LogP contribution in [0.3, 0.4) is 0 Å². The van der Waals surface area contributed by atoms with Crippen molar-refractivity contribution in [2.75, 3.05) is 12.0 Å². The van der Waals surface area contributed by atoms with Gasteiger partial charge in [-0.2, -0.15) is 11.8 Å². The first-order valence-electron chi connectivity index (χ1n) is 9.80. The molecule has 0 aromatic carbocycles. The number of aliphatic hydroxyl groups excluding tert-OH is 1. The minimum atomic E-state index is -1.74. The van der Waals surface area contributed by atoms with Crippen molar-refractivity contribution in [1.29, 1.82) is 0 Å². The number of rotatable bonds is 16. The number of aliphatic carboxylic acids is 3. The fourth-order valence-corrected chi connectivity index (χ4v) is 2.98. The van der Waals surface area contributed by atoms with Gasteiger partial charge in [-0.15, -0.1) is 0 Å². The lowest BCUT2D eigenvalue weighted by Gasteiger charge is -2.25. The molecule has 3 amide bonds. The number of nitrogens with two attached hydrogens (primary N) is 1. The van der Waals surface area contributed by atoms with Gasteiger partial charge in [-0.05, 0) is 31.8 Å². The molecule has 0 aliphatic carbocycles. The number of carbonyl (C=O) groups is 6. The molecular weight excluding hydrogens is 464 g/mol. The fourth-order valence-electron chi connectivity index (χ4n) is 2.49. The van der Waals surface area contributed by atoms with E-state index in [1.54, 1.807) is 6.26 Å². The van der Waals surface area contributed by atoms with Crippen molar-refractivity contribution in [1.82, 2.24) is 16.0 Å². The lowest BCUT2D eigenvalue weighted by atomic mass is 10.1. The van der Waals surface area contributed by atoms with Crippen molar-refractivity contribution in [2.24, 2.45) is 5.73 Å². The Kier molecular flexibility index (Phi) is 13.7. The number of amides is 3. The van der Waals surface area contributed by atoms with Crippen molar-refractivity contribution in [3.8, 4) is 0 Å². The summed E-state index contributed by atoms with van der Waals surface area (Å²) in [5, 5.41) is 42.9. The molecular formula is C18H30N4O10S. The third-order valence-electron chi connectivity index (χ3n) is 4.31. The van der Waals surface area contributed by atoms with Gasteiger partial charge >= 0.3 is 17.9 Å². The Morgan fingerprint density at radius 2 is 1.39 bits per heavy atom. The normalized spacial score (nSPS) is 15.3. The van der Waals surface area contributed by atoms with E-state index >= 15 is 0 Å². The average molecular weight is 495 g/mol. The molecule has 5 atom stereocenters. The summed E-state index contributed by atoms with van der Waals surface area (Å²) in [6, 6.07) is -5.99. The Morgan fingerprint density at radius 1 is 0.848 bits per heavy atom. The predicted molar refractivity (Wildman–Crippen MR) is 115 cm³/mol. The van der Waals surface area contributed by atoms with Crippen molar-refractivity contribution < 1.29 is 49.2 Å². The van der Waals surface area contributed by atoms with Crippen LogP contribution in [0.1, 0.15) is 32.6 Å². The van der Waals surface area contributed by atoms with Gasteiger partial charge in [-0.1, -0.05) is 0 Å². The highest BCUT2D eigenvalue weighted by molar-refractivity contribution is 7.98. The zero-order valence-electron chi connectivity index (χ0n) is 18.1. The summed E-state index contributed by atoms with van der Waals surface area (Å²) >= 11 is 1.43. The van der Waals surface area contributed by atoms with E-state index < -0.39 is 85.2 Å². The number of aliphatic hydroxyl groups is 1. The molecule has 0 heterocycles. The monoisotopic (exact) mass is 494 g/mol. The predicted octanol–water partition coefficient (Wildman–Crippen LogP) is -2.67. The molecule has 5 unspecified atom stereocenters. The molecule has 15 heteroatoms. The Balaban J connectivity index is 5.54. The molecule has 188 valence electrons. The van der Waals surface area contributed by atoms with Crippen LogP contribution < -0.4 is 21.7 Å². The van der Waals surface area contributed by atoms with Crippen LogP contribution in [0.15, 0.2) is 0 Å². The molecule has 0 rings (SSSR count). The number of nitrogens with one attached hydrogen (secondary N) is 3. The van der Waals surface area contributed by atoms with E-state index in [9.17, 15) is 33.9 Å². The van der Waals surface area contributed by atoms with Crippen LogP contribution in [-0.4, -0.2) is 98.3 Å².